The minimum Gasteiger partial charge on any atom is -0.354 e. The normalized spacial score (nSPS) is 10.8. The highest BCUT2D eigenvalue weighted by Crippen LogP contribution is 2.29. The maximum absolute atomic E-state index is 12.6. The van der Waals surface area contributed by atoms with Crippen molar-refractivity contribution in [2.75, 3.05) is 6.54 Å². The third-order valence-corrected chi connectivity index (χ3v) is 3.78. The molecule has 1 amide bonds. The Kier molecular flexibility index (Phi) is 5.56. The summed E-state index contributed by atoms with van der Waals surface area (Å²) in [6.45, 7) is 4.75. The van der Waals surface area contributed by atoms with Crippen molar-refractivity contribution in [2.24, 2.45) is 0 Å². The van der Waals surface area contributed by atoms with E-state index >= 15 is 0 Å². The van der Waals surface area contributed by atoms with Crippen LogP contribution in [0.4, 0.5) is 13.2 Å². The molecule has 136 valence electrons. The number of aromatic amines is 1. The van der Waals surface area contributed by atoms with Gasteiger partial charge in [-0.3, -0.25) is 9.59 Å². The summed E-state index contributed by atoms with van der Waals surface area (Å²) in [5.41, 5.74) is 1.34. The van der Waals surface area contributed by atoms with Crippen LogP contribution in [0.5, 0.6) is 0 Å². The van der Waals surface area contributed by atoms with E-state index in [0.717, 1.165) is 12.1 Å². The molecule has 0 aliphatic carbocycles. The Balaban J connectivity index is 2.06. The molecular formula is C19H17F3N2O2. The number of aryl methyl sites for hydroxylation is 1. The van der Waals surface area contributed by atoms with Gasteiger partial charge in [0, 0.05) is 16.8 Å². The van der Waals surface area contributed by atoms with Gasteiger partial charge in [-0.25, -0.2) is 0 Å². The van der Waals surface area contributed by atoms with Gasteiger partial charge in [-0.05, 0) is 44.5 Å². The first-order chi connectivity index (χ1) is 12.1. The first-order valence-electron chi connectivity index (χ1n) is 7.75. The second-order valence-corrected chi connectivity index (χ2v) is 5.74. The Bertz CT molecular complexity index is 915. The molecule has 0 spiro atoms. The van der Waals surface area contributed by atoms with E-state index in [1.54, 1.807) is 13.8 Å². The predicted octanol–water partition coefficient (Wildman–Crippen LogP) is 3.63. The third-order valence-electron chi connectivity index (χ3n) is 3.78. The Morgan fingerprint density at radius 3 is 2.50 bits per heavy atom. The topological polar surface area (TPSA) is 62.0 Å². The lowest BCUT2D eigenvalue weighted by Gasteiger charge is -2.05. The highest BCUT2D eigenvalue weighted by atomic mass is 19.4. The van der Waals surface area contributed by atoms with E-state index in [2.05, 4.69) is 22.1 Å². The van der Waals surface area contributed by atoms with Crippen LogP contribution in [0.2, 0.25) is 0 Å². The van der Waals surface area contributed by atoms with Crippen molar-refractivity contribution in [3.63, 3.8) is 0 Å². The number of alkyl halides is 3. The van der Waals surface area contributed by atoms with Crippen LogP contribution in [0.3, 0.4) is 0 Å². The number of nitrogens with one attached hydrogen (secondary N) is 2. The van der Waals surface area contributed by atoms with Crippen molar-refractivity contribution in [2.45, 2.75) is 26.9 Å². The van der Waals surface area contributed by atoms with Crippen LogP contribution < -0.4 is 5.32 Å². The summed E-state index contributed by atoms with van der Waals surface area (Å²) < 4.78 is 37.9. The van der Waals surface area contributed by atoms with Crippen LogP contribution in [-0.4, -0.2) is 23.2 Å². The fourth-order valence-corrected chi connectivity index (χ4v) is 2.64. The molecule has 4 nitrogen and oxygen atoms in total. The average Bonchev–Trinajstić information content (AvgIpc) is 2.85. The van der Waals surface area contributed by atoms with E-state index < -0.39 is 17.6 Å². The number of carbonyl (C=O) groups is 2. The largest absolute Gasteiger partial charge is 0.416 e. The third kappa shape index (κ3) is 4.33. The number of hydrogen-bond acceptors (Lipinski definition) is 2. The number of carbonyl (C=O) groups excluding carboxylic acids is 2. The van der Waals surface area contributed by atoms with Gasteiger partial charge in [0.1, 0.15) is 5.69 Å². The number of rotatable bonds is 3. The van der Waals surface area contributed by atoms with Crippen molar-refractivity contribution >= 4 is 11.7 Å². The highest BCUT2D eigenvalue weighted by Gasteiger charge is 2.30. The zero-order valence-corrected chi connectivity index (χ0v) is 14.5. The van der Waals surface area contributed by atoms with E-state index in [4.69, 9.17) is 0 Å². The van der Waals surface area contributed by atoms with Crippen LogP contribution in [0.1, 0.15) is 50.2 Å². The summed E-state index contributed by atoms with van der Waals surface area (Å²) >= 11 is 0. The van der Waals surface area contributed by atoms with E-state index in [-0.39, 0.29) is 23.6 Å². The lowest BCUT2D eigenvalue weighted by molar-refractivity contribution is -0.137. The SMILES string of the molecule is CC(=O)c1c(C)[nH]c(C(=O)NCC#Cc2cccc(C(F)(F)F)c2)c1C. The number of halogens is 3. The summed E-state index contributed by atoms with van der Waals surface area (Å²) in [7, 11) is 0. The molecule has 0 radical (unpaired) electrons. The molecule has 7 heteroatoms. The Hall–Kier alpha value is -3.01. The standard InChI is InChI=1S/C19H17F3N2O2/c1-11-16(13(3)25)12(2)24-17(11)18(26)23-9-5-7-14-6-4-8-15(10-14)19(20,21)22/h4,6,8,10,24H,9H2,1-3H3,(H,23,26). The minimum absolute atomic E-state index is 0.0397. The number of Topliss-reactive ketones (excluding diaryl/α,β-unsaturated/α-hetero) is 1. The second-order valence-electron chi connectivity index (χ2n) is 5.74. The van der Waals surface area contributed by atoms with Crippen LogP contribution >= 0.6 is 0 Å². The summed E-state index contributed by atoms with van der Waals surface area (Å²) in [5, 5.41) is 2.56. The molecule has 0 saturated carbocycles. The summed E-state index contributed by atoms with van der Waals surface area (Å²) in [6.07, 6.45) is -4.43. The lowest BCUT2D eigenvalue weighted by atomic mass is 10.1. The Labute approximate surface area is 148 Å². The van der Waals surface area contributed by atoms with Gasteiger partial charge in [0.2, 0.25) is 0 Å². The molecule has 26 heavy (non-hydrogen) atoms. The van der Waals surface area contributed by atoms with Crippen molar-refractivity contribution in [1.29, 1.82) is 0 Å². The quantitative estimate of drug-likeness (QED) is 0.647. The number of ketones is 1. The fourth-order valence-electron chi connectivity index (χ4n) is 2.64. The molecule has 0 saturated heterocycles. The van der Waals surface area contributed by atoms with Crippen molar-refractivity contribution in [3.8, 4) is 11.8 Å². The average molecular weight is 362 g/mol. The van der Waals surface area contributed by atoms with Crippen LogP contribution in [0, 0.1) is 25.7 Å². The molecule has 0 atom stereocenters. The summed E-state index contributed by atoms with van der Waals surface area (Å²) in [5.74, 6) is 4.63. The van der Waals surface area contributed by atoms with E-state index in [1.807, 2.05) is 0 Å². The van der Waals surface area contributed by atoms with E-state index in [1.165, 1.54) is 19.1 Å². The zero-order valence-electron chi connectivity index (χ0n) is 14.5. The van der Waals surface area contributed by atoms with E-state index in [0.29, 0.717) is 16.8 Å². The molecule has 0 aliphatic rings. The molecule has 0 unspecified atom stereocenters. The number of aromatic nitrogens is 1. The van der Waals surface area contributed by atoms with Gasteiger partial charge in [-0.2, -0.15) is 13.2 Å². The first kappa shape index (κ1) is 19.3. The molecule has 2 N–H and O–H groups in total. The highest BCUT2D eigenvalue weighted by molar-refractivity contribution is 6.02. The second kappa shape index (κ2) is 7.48. The Morgan fingerprint density at radius 2 is 1.92 bits per heavy atom. The molecule has 0 bridgehead atoms. The van der Waals surface area contributed by atoms with Crippen LogP contribution in [0.25, 0.3) is 0 Å². The molecule has 0 aliphatic heterocycles. The minimum atomic E-state index is -4.43. The van der Waals surface area contributed by atoms with Gasteiger partial charge in [0.05, 0.1) is 12.1 Å². The van der Waals surface area contributed by atoms with Crippen molar-refractivity contribution < 1.29 is 22.8 Å². The number of hydrogen-bond donors (Lipinski definition) is 2. The molecule has 1 aromatic heterocycles. The first-order valence-corrected chi connectivity index (χ1v) is 7.75. The van der Waals surface area contributed by atoms with Gasteiger partial charge in [0.15, 0.2) is 5.78 Å². The molecule has 2 aromatic rings. The lowest BCUT2D eigenvalue weighted by Crippen LogP contribution is -2.24. The molecule has 0 fully saturated rings. The van der Waals surface area contributed by atoms with Gasteiger partial charge in [-0.1, -0.05) is 17.9 Å². The van der Waals surface area contributed by atoms with Crippen molar-refractivity contribution in [1.82, 2.24) is 10.3 Å². The fraction of sp³-hybridized carbons (Fsp3) is 0.263. The Morgan fingerprint density at radius 1 is 1.23 bits per heavy atom. The molecule has 2 rings (SSSR count). The monoisotopic (exact) mass is 362 g/mol. The number of H-pyrrole nitrogens is 1. The summed E-state index contributed by atoms with van der Waals surface area (Å²) in [6, 6.07) is 4.66. The predicted molar refractivity (Wildman–Crippen MR) is 90.9 cm³/mol. The van der Waals surface area contributed by atoms with Crippen LogP contribution in [0.15, 0.2) is 24.3 Å². The van der Waals surface area contributed by atoms with Crippen molar-refractivity contribution in [3.05, 3.63) is 57.9 Å². The van der Waals surface area contributed by atoms with Gasteiger partial charge < -0.3 is 10.3 Å². The number of benzene rings is 1. The number of amides is 1. The smallest absolute Gasteiger partial charge is 0.354 e. The van der Waals surface area contributed by atoms with Crippen LogP contribution in [-0.2, 0) is 6.18 Å². The van der Waals surface area contributed by atoms with E-state index in [9.17, 15) is 22.8 Å². The summed E-state index contributed by atoms with van der Waals surface area (Å²) in [4.78, 5) is 26.6. The molecular weight excluding hydrogens is 345 g/mol. The van der Waals surface area contributed by atoms with Gasteiger partial charge >= 0.3 is 6.18 Å². The van der Waals surface area contributed by atoms with Gasteiger partial charge in [0.25, 0.3) is 5.91 Å². The van der Waals surface area contributed by atoms with Gasteiger partial charge in [-0.15, -0.1) is 0 Å². The maximum Gasteiger partial charge on any atom is 0.416 e. The maximum atomic E-state index is 12.6. The molecule has 1 aromatic carbocycles. The molecule has 1 heterocycles. The zero-order chi connectivity index (χ0) is 19.5.